The van der Waals surface area contributed by atoms with Crippen LogP contribution in [-0.2, 0) is 9.47 Å². The Bertz CT molecular complexity index is 1560. The average molecular weight is 602 g/mol. The minimum Gasteiger partial charge on any atom is -0.444 e. The molecule has 234 valence electrons. The Morgan fingerprint density at radius 3 is 2.68 bits per heavy atom. The Morgan fingerprint density at radius 1 is 1.18 bits per heavy atom. The van der Waals surface area contributed by atoms with Gasteiger partial charge in [0.15, 0.2) is 23.2 Å². The number of hydrogen-bond donors (Lipinski definition) is 1. The van der Waals surface area contributed by atoms with Crippen molar-refractivity contribution in [3.05, 3.63) is 29.7 Å². The summed E-state index contributed by atoms with van der Waals surface area (Å²) < 4.78 is 13.5. The lowest BCUT2D eigenvalue weighted by Crippen LogP contribution is -2.46. The predicted molar refractivity (Wildman–Crippen MR) is 167 cm³/mol. The molecule has 0 bridgehead atoms. The van der Waals surface area contributed by atoms with Crippen LogP contribution in [0.4, 0.5) is 22.1 Å². The molecule has 3 aromatic heterocycles. The first kappa shape index (κ1) is 30.1. The molecule has 2 saturated heterocycles. The monoisotopic (exact) mass is 601 g/mol. The maximum absolute atomic E-state index is 12.2. The number of aromatic nitrogens is 5. The van der Waals surface area contributed by atoms with Crippen molar-refractivity contribution in [2.24, 2.45) is 5.41 Å². The number of nitrogens with zero attached hydrogens (tertiary/aromatic N) is 8. The summed E-state index contributed by atoms with van der Waals surface area (Å²) in [5, 5.41) is 17.5. The number of piperidine rings is 1. The third-order valence-electron chi connectivity index (χ3n) is 8.97. The molecule has 44 heavy (non-hydrogen) atoms. The van der Waals surface area contributed by atoms with Gasteiger partial charge in [0, 0.05) is 38.7 Å². The molecule has 3 aliphatic heterocycles. The maximum Gasteiger partial charge on any atom is 0.407 e. The maximum atomic E-state index is 12.2. The summed E-state index contributed by atoms with van der Waals surface area (Å²) in [7, 11) is 0. The zero-order valence-electron chi connectivity index (χ0n) is 26.5. The number of carbonyl (C=O) groups is 1. The van der Waals surface area contributed by atoms with E-state index in [2.05, 4.69) is 40.0 Å². The summed E-state index contributed by atoms with van der Waals surface area (Å²) in [6.07, 6.45) is 6.96. The molecular formula is C32H43N9O3. The third-order valence-corrected chi connectivity index (χ3v) is 8.97. The molecule has 1 N–H and O–H groups in total. The van der Waals surface area contributed by atoms with E-state index in [0.717, 1.165) is 86.7 Å². The predicted octanol–water partition coefficient (Wildman–Crippen LogP) is 5.57. The van der Waals surface area contributed by atoms with E-state index in [9.17, 15) is 10.1 Å². The van der Waals surface area contributed by atoms with Gasteiger partial charge in [-0.05, 0) is 76.8 Å². The molecule has 0 radical (unpaired) electrons. The van der Waals surface area contributed by atoms with Gasteiger partial charge in [-0.2, -0.15) is 5.26 Å². The Labute approximate surface area is 258 Å². The smallest absolute Gasteiger partial charge is 0.407 e. The number of ether oxygens (including phenoxy) is 2. The van der Waals surface area contributed by atoms with Crippen molar-refractivity contribution in [1.29, 1.82) is 5.26 Å². The number of alkyl carbamates (subject to hydrolysis) is 1. The minimum atomic E-state index is -0.520. The normalized spacial score (nSPS) is 21.9. The molecule has 0 spiro atoms. The summed E-state index contributed by atoms with van der Waals surface area (Å²) in [4.78, 5) is 31.5. The molecule has 1 amide bonds. The van der Waals surface area contributed by atoms with Crippen LogP contribution in [0.25, 0.3) is 11.2 Å². The van der Waals surface area contributed by atoms with Crippen LogP contribution < -0.4 is 15.1 Å². The molecule has 12 nitrogen and oxygen atoms in total. The van der Waals surface area contributed by atoms with Gasteiger partial charge in [0.2, 0.25) is 0 Å². The molecule has 2 atom stereocenters. The second-order valence-corrected chi connectivity index (χ2v) is 13.7. The van der Waals surface area contributed by atoms with Crippen molar-refractivity contribution >= 4 is 34.6 Å². The van der Waals surface area contributed by atoms with Crippen molar-refractivity contribution < 1.29 is 14.3 Å². The van der Waals surface area contributed by atoms with E-state index >= 15 is 0 Å². The lowest BCUT2D eigenvalue weighted by atomic mass is 9.80. The number of nitrogens with one attached hydrogen (secondary N) is 1. The molecule has 0 aliphatic carbocycles. The number of rotatable bonds is 5. The summed E-state index contributed by atoms with van der Waals surface area (Å²) in [5.41, 5.74) is 3.19. The van der Waals surface area contributed by atoms with E-state index in [1.54, 1.807) is 6.07 Å². The third kappa shape index (κ3) is 6.15. The van der Waals surface area contributed by atoms with Gasteiger partial charge in [0.1, 0.15) is 23.2 Å². The zero-order chi connectivity index (χ0) is 31.1. The molecule has 0 saturated carbocycles. The first-order valence-corrected chi connectivity index (χ1v) is 15.8. The highest BCUT2D eigenvalue weighted by Crippen LogP contribution is 2.41. The molecular weight excluding hydrogens is 558 g/mol. The number of anilines is 3. The van der Waals surface area contributed by atoms with Gasteiger partial charge in [0.05, 0.1) is 17.6 Å². The number of hydrogen-bond acceptors (Lipinski definition) is 10. The summed E-state index contributed by atoms with van der Waals surface area (Å²) in [6, 6.07) is 5.92. The van der Waals surface area contributed by atoms with Crippen LogP contribution in [0.2, 0.25) is 0 Å². The minimum absolute atomic E-state index is 0.0337. The highest BCUT2D eigenvalue weighted by Gasteiger charge is 2.34. The van der Waals surface area contributed by atoms with Crippen LogP contribution in [0.15, 0.2) is 18.3 Å². The second kappa shape index (κ2) is 11.8. The van der Waals surface area contributed by atoms with Gasteiger partial charge in [-0.15, -0.1) is 5.10 Å². The average Bonchev–Trinajstić information content (AvgIpc) is 3.39. The van der Waals surface area contributed by atoms with Crippen molar-refractivity contribution in [2.75, 3.05) is 42.6 Å². The quantitative estimate of drug-likeness (QED) is 0.396. The highest BCUT2D eigenvalue weighted by molar-refractivity contribution is 5.88. The fourth-order valence-electron chi connectivity index (χ4n) is 6.31. The number of fused-ring (bicyclic) bond motifs is 2. The highest BCUT2D eigenvalue weighted by atomic mass is 16.6. The Hall–Kier alpha value is -3.98. The van der Waals surface area contributed by atoms with Crippen LogP contribution in [0.1, 0.15) is 96.7 Å². The number of pyridine rings is 1. The van der Waals surface area contributed by atoms with Crippen molar-refractivity contribution in [2.45, 2.75) is 90.9 Å². The van der Waals surface area contributed by atoms with Gasteiger partial charge in [-0.3, -0.25) is 0 Å². The Morgan fingerprint density at radius 2 is 1.98 bits per heavy atom. The number of carbonyl (C=O) groups excluding carboxylic acids is 1. The van der Waals surface area contributed by atoms with Crippen LogP contribution in [0.3, 0.4) is 0 Å². The van der Waals surface area contributed by atoms with Crippen LogP contribution in [0, 0.1) is 16.7 Å². The van der Waals surface area contributed by atoms with Crippen molar-refractivity contribution in [3.8, 4) is 6.07 Å². The Kier molecular flexibility index (Phi) is 8.09. The molecule has 6 rings (SSSR count). The molecule has 0 aromatic carbocycles. The summed E-state index contributed by atoms with van der Waals surface area (Å²) in [6.45, 7) is 13.6. The molecule has 6 heterocycles. The van der Waals surface area contributed by atoms with Crippen molar-refractivity contribution in [1.82, 2.24) is 30.0 Å². The van der Waals surface area contributed by atoms with Crippen LogP contribution in [0.5, 0.6) is 0 Å². The van der Waals surface area contributed by atoms with E-state index in [1.807, 2.05) is 37.7 Å². The van der Waals surface area contributed by atoms with Crippen molar-refractivity contribution in [3.63, 3.8) is 0 Å². The molecule has 3 aromatic rings. The second-order valence-electron chi connectivity index (χ2n) is 13.7. The van der Waals surface area contributed by atoms with Gasteiger partial charge < -0.3 is 24.6 Å². The van der Waals surface area contributed by atoms with Gasteiger partial charge in [0.25, 0.3) is 0 Å². The molecule has 1 unspecified atom stereocenters. The fraction of sp³-hybridized carbons (Fsp3) is 0.625. The molecule has 12 heteroatoms. The largest absolute Gasteiger partial charge is 0.444 e. The van der Waals surface area contributed by atoms with Gasteiger partial charge in [-0.1, -0.05) is 13.8 Å². The summed E-state index contributed by atoms with van der Waals surface area (Å²) in [5.74, 6) is 1.80. The molecule has 2 fully saturated rings. The SMILES string of the molecule is C[C@H]1CCN(c2nn(C3CCCCO3)c3nc(N4CCC(C)(CNC(=O)OC(C)(C)C)CC4)cnc23)c2ccc(C#N)nc21. The standard InChI is InChI=1S/C32H43N9O3/c1-21-11-14-40(23-10-9-22(18-33)36-26(21)23)29-27-28(41(38-29)25-8-6-7-17-43-25)37-24(19-34-27)39-15-12-32(5,13-16-39)20-35-30(42)44-31(2,3)4/h9-10,19,21,25H,6-8,11-17,20H2,1-5H3,(H,35,42)/t21-,25?/m0/s1. The topological polar surface area (TPSA) is 134 Å². The Balaban J connectivity index is 1.27. The fourth-order valence-corrected chi connectivity index (χ4v) is 6.31. The van der Waals surface area contributed by atoms with Crippen LogP contribution >= 0.6 is 0 Å². The number of amides is 1. The first-order valence-electron chi connectivity index (χ1n) is 15.8. The van der Waals surface area contributed by atoms with Gasteiger partial charge in [-0.25, -0.2) is 24.4 Å². The van der Waals surface area contributed by atoms with E-state index in [-0.39, 0.29) is 23.7 Å². The van der Waals surface area contributed by atoms with Gasteiger partial charge >= 0.3 is 6.09 Å². The first-order chi connectivity index (χ1) is 21.0. The molecule has 3 aliphatic rings. The van der Waals surface area contributed by atoms with Crippen LogP contribution in [-0.4, -0.2) is 69.2 Å². The summed E-state index contributed by atoms with van der Waals surface area (Å²) >= 11 is 0. The van der Waals surface area contributed by atoms with E-state index in [1.165, 1.54) is 0 Å². The zero-order valence-corrected chi connectivity index (χ0v) is 26.5. The van der Waals surface area contributed by atoms with E-state index in [4.69, 9.17) is 24.5 Å². The van der Waals surface area contributed by atoms with E-state index in [0.29, 0.717) is 24.5 Å². The number of nitriles is 1. The lowest BCUT2D eigenvalue weighted by Gasteiger charge is -2.40. The van der Waals surface area contributed by atoms with E-state index < -0.39 is 5.60 Å². The lowest BCUT2D eigenvalue weighted by molar-refractivity contribution is -0.0368.